The van der Waals surface area contributed by atoms with Gasteiger partial charge in [-0.3, -0.25) is 0 Å². The summed E-state index contributed by atoms with van der Waals surface area (Å²) in [5, 5.41) is 12.2. The molecule has 76 valence electrons. The summed E-state index contributed by atoms with van der Waals surface area (Å²) in [4.78, 5) is 0. The van der Waals surface area contributed by atoms with Crippen molar-refractivity contribution < 1.29 is 9.84 Å². The molecule has 1 spiro atoms. The Labute approximate surface area is 79.5 Å². The van der Waals surface area contributed by atoms with E-state index in [0.717, 1.165) is 19.8 Å². The van der Waals surface area contributed by atoms with Gasteiger partial charge in [0.25, 0.3) is 0 Å². The molecule has 0 amide bonds. The number of hydrogen-bond donors (Lipinski definition) is 2. The van der Waals surface area contributed by atoms with Crippen molar-refractivity contribution in [3.8, 4) is 0 Å². The molecule has 1 saturated heterocycles. The molecule has 0 aromatic carbocycles. The summed E-state index contributed by atoms with van der Waals surface area (Å²) in [7, 11) is 0. The fraction of sp³-hybridized carbons (Fsp3) is 1.00. The monoisotopic (exact) mass is 185 g/mol. The lowest BCUT2D eigenvalue weighted by atomic mass is 9.60. The van der Waals surface area contributed by atoms with E-state index < -0.39 is 0 Å². The lowest BCUT2D eigenvalue weighted by Gasteiger charge is -2.52. The molecule has 1 aliphatic heterocycles. The van der Waals surface area contributed by atoms with Gasteiger partial charge in [0, 0.05) is 25.8 Å². The van der Waals surface area contributed by atoms with E-state index in [2.05, 4.69) is 5.32 Å². The zero-order chi connectivity index (χ0) is 9.15. The van der Waals surface area contributed by atoms with Crippen molar-refractivity contribution in [2.45, 2.75) is 31.7 Å². The van der Waals surface area contributed by atoms with Crippen LogP contribution in [-0.4, -0.2) is 37.5 Å². The first-order valence-corrected chi connectivity index (χ1v) is 5.29. The van der Waals surface area contributed by atoms with Crippen LogP contribution in [0.25, 0.3) is 0 Å². The topological polar surface area (TPSA) is 41.5 Å². The van der Waals surface area contributed by atoms with Gasteiger partial charge in [0.2, 0.25) is 0 Å². The first-order valence-electron chi connectivity index (χ1n) is 5.29. The maximum atomic E-state index is 8.73. The molecule has 3 nitrogen and oxygen atoms in total. The van der Waals surface area contributed by atoms with Crippen LogP contribution in [0.15, 0.2) is 0 Å². The van der Waals surface area contributed by atoms with Crippen molar-refractivity contribution in [3.63, 3.8) is 0 Å². The third kappa shape index (κ3) is 1.73. The molecule has 1 unspecified atom stereocenters. The first kappa shape index (κ1) is 9.44. The van der Waals surface area contributed by atoms with Crippen LogP contribution in [0.1, 0.15) is 25.7 Å². The minimum Gasteiger partial charge on any atom is -0.395 e. The molecule has 1 aliphatic carbocycles. The molecule has 1 heterocycles. The van der Waals surface area contributed by atoms with Gasteiger partial charge in [0.05, 0.1) is 6.61 Å². The van der Waals surface area contributed by atoms with E-state index in [9.17, 15) is 0 Å². The van der Waals surface area contributed by atoms with Crippen LogP contribution in [0.5, 0.6) is 0 Å². The van der Waals surface area contributed by atoms with Crippen molar-refractivity contribution in [3.05, 3.63) is 0 Å². The third-order valence-corrected chi connectivity index (χ3v) is 3.66. The van der Waals surface area contributed by atoms with E-state index in [0.29, 0.717) is 11.5 Å². The molecular formula is C10H19NO2. The average molecular weight is 185 g/mol. The molecular weight excluding hydrogens is 166 g/mol. The number of hydrogen-bond acceptors (Lipinski definition) is 3. The maximum absolute atomic E-state index is 8.73. The van der Waals surface area contributed by atoms with Gasteiger partial charge in [-0.1, -0.05) is 0 Å². The highest BCUT2D eigenvalue weighted by Crippen LogP contribution is 2.48. The summed E-state index contributed by atoms with van der Waals surface area (Å²) in [6.45, 7) is 2.85. The fourth-order valence-electron chi connectivity index (χ4n) is 2.63. The van der Waals surface area contributed by atoms with Gasteiger partial charge < -0.3 is 15.2 Å². The number of rotatable bonds is 3. The van der Waals surface area contributed by atoms with Gasteiger partial charge in [-0.2, -0.15) is 0 Å². The number of nitrogens with one attached hydrogen (secondary N) is 1. The molecule has 2 N–H and O–H groups in total. The highest BCUT2D eigenvalue weighted by molar-refractivity contribution is 5.01. The van der Waals surface area contributed by atoms with Gasteiger partial charge in [-0.05, 0) is 31.1 Å². The van der Waals surface area contributed by atoms with E-state index in [-0.39, 0.29) is 6.61 Å². The molecule has 3 heteroatoms. The normalized spacial score (nSPS) is 31.6. The fourth-order valence-corrected chi connectivity index (χ4v) is 2.63. The van der Waals surface area contributed by atoms with Crippen molar-refractivity contribution in [2.75, 3.05) is 26.4 Å². The highest BCUT2D eigenvalue weighted by atomic mass is 16.5. The van der Waals surface area contributed by atoms with Crippen LogP contribution >= 0.6 is 0 Å². The Hall–Kier alpha value is -0.120. The van der Waals surface area contributed by atoms with E-state index in [1.54, 1.807) is 0 Å². The number of aliphatic hydroxyl groups excluding tert-OH is 1. The lowest BCUT2D eigenvalue weighted by molar-refractivity contribution is -0.0552. The van der Waals surface area contributed by atoms with Crippen LogP contribution in [-0.2, 0) is 4.74 Å². The Balaban J connectivity index is 1.83. The molecule has 0 bridgehead atoms. The van der Waals surface area contributed by atoms with Gasteiger partial charge in [0.15, 0.2) is 0 Å². The summed E-state index contributed by atoms with van der Waals surface area (Å²) in [6, 6.07) is 0.642. The van der Waals surface area contributed by atoms with Crippen LogP contribution in [0.2, 0.25) is 0 Å². The quantitative estimate of drug-likeness (QED) is 0.674. The van der Waals surface area contributed by atoms with Crippen LogP contribution in [0, 0.1) is 5.41 Å². The predicted octanol–water partition coefficient (Wildman–Crippen LogP) is 0.527. The molecule has 2 fully saturated rings. The van der Waals surface area contributed by atoms with Crippen molar-refractivity contribution in [2.24, 2.45) is 5.41 Å². The molecule has 1 atom stereocenters. The SMILES string of the molecule is OCCNC1CCC12CCOCC2. The van der Waals surface area contributed by atoms with E-state index in [4.69, 9.17) is 9.84 Å². The summed E-state index contributed by atoms with van der Waals surface area (Å²) in [6.07, 6.45) is 5.03. The second kappa shape index (κ2) is 3.95. The van der Waals surface area contributed by atoms with Crippen LogP contribution in [0.3, 0.4) is 0 Å². The van der Waals surface area contributed by atoms with Crippen LogP contribution in [0.4, 0.5) is 0 Å². The zero-order valence-electron chi connectivity index (χ0n) is 8.09. The molecule has 0 aromatic rings. The Morgan fingerprint density at radius 1 is 1.31 bits per heavy atom. The van der Waals surface area contributed by atoms with Crippen molar-refractivity contribution in [1.82, 2.24) is 5.32 Å². The third-order valence-electron chi connectivity index (χ3n) is 3.66. The van der Waals surface area contributed by atoms with E-state index in [1.165, 1.54) is 25.7 Å². The minimum atomic E-state index is 0.253. The molecule has 2 aliphatic rings. The molecule has 1 saturated carbocycles. The highest BCUT2D eigenvalue weighted by Gasteiger charge is 2.46. The molecule has 0 aromatic heterocycles. The molecule has 13 heavy (non-hydrogen) atoms. The predicted molar refractivity (Wildman–Crippen MR) is 50.6 cm³/mol. The summed E-state index contributed by atoms with van der Waals surface area (Å²) in [5.74, 6) is 0. The summed E-state index contributed by atoms with van der Waals surface area (Å²) < 4.78 is 5.38. The first-order chi connectivity index (χ1) is 6.37. The van der Waals surface area contributed by atoms with Crippen molar-refractivity contribution >= 4 is 0 Å². The maximum Gasteiger partial charge on any atom is 0.0556 e. The Kier molecular flexibility index (Phi) is 2.86. The van der Waals surface area contributed by atoms with E-state index >= 15 is 0 Å². The van der Waals surface area contributed by atoms with Crippen molar-refractivity contribution in [1.29, 1.82) is 0 Å². The number of ether oxygens (including phenoxy) is 1. The zero-order valence-corrected chi connectivity index (χ0v) is 8.09. The largest absolute Gasteiger partial charge is 0.395 e. The Morgan fingerprint density at radius 2 is 2.08 bits per heavy atom. The average Bonchev–Trinajstić information content (AvgIpc) is 2.18. The van der Waals surface area contributed by atoms with Gasteiger partial charge in [-0.15, -0.1) is 0 Å². The van der Waals surface area contributed by atoms with Gasteiger partial charge in [0.1, 0.15) is 0 Å². The lowest BCUT2D eigenvalue weighted by Crippen LogP contribution is -2.56. The standard InChI is InChI=1S/C10H19NO2/c12-6-5-11-9-1-2-10(9)3-7-13-8-4-10/h9,11-12H,1-8H2. The Morgan fingerprint density at radius 3 is 2.62 bits per heavy atom. The second-order valence-corrected chi connectivity index (χ2v) is 4.24. The number of aliphatic hydroxyl groups is 1. The minimum absolute atomic E-state index is 0.253. The van der Waals surface area contributed by atoms with Gasteiger partial charge >= 0.3 is 0 Å². The smallest absolute Gasteiger partial charge is 0.0556 e. The van der Waals surface area contributed by atoms with E-state index in [1.807, 2.05) is 0 Å². The molecule has 2 rings (SSSR count). The Bertz CT molecular complexity index is 166. The van der Waals surface area contributed by atoms with Gasteiger partial charge in [-0.25, -0.2) is 0 Å². The summed E-state index contributed by atoms with van der Waals surface area (Å²) >= 11 is 0. The van der Waals surface area contributed by atoms with Crippen LogP contribution < -0.4 is 5.32 Å². The molecule has 0 radical (unpaired) electrons. The second-order valence-electron chi connectivity index (χ2n) is 4.24. The summed E-state index contributed by atoms with van der Waals surface area (Å²) in [5.41, 5.74) is 0.521.